The van der Waals surface area contributed by atoms with Crippen LogP contribution in [0, 0.1) is 0 Å². The predicted octanol–water partition coefficient (Wildman–Crippen LogP) is 2.50. The Hall–Kier alpha value is -1.09. The Balaban J connectivity index is 2.17. The first-order valence-electron chi connectivity index (χ1n) is 5.20. The maximum absolute atomic E-state index is 12.0. The molecular weight excluding hydrogens is 212 g/mol. The molecule has 1 aliphatic heterocycles. The average molecular weight is 223 g/mol. The minimum atomic E-state index is -0.299. The van der Waals surface area contributed by atoms with Crippen molar-refractivity contribution >= 4 is 23.2 Å². The van der Waals surface area contributed by atoms with E-state index in [4.69, 9.17) is 11.6 Å². The van der Waals surface area contributed by atoms with Crippen molar-refractivity contribution in [2.45, 2.75) is 31.1 Å². The summed E-state index contributed by atoms with van der Waals surface area (Å²) < 4.78 is 0. The normalized spacial score (nSPS) is 21.8. The van der Waals surface area contributed by atoms with Gasteiger partial charge in [-0.2, -0.15) is 0 Å². The lowest BCUT2D eigenvalue weighted by Gasteiger charge is -2.19. The number of carbonyl (C=O) groups is 1. The summed E-state index contributed by atoms with van der Waals surface area (Å²) in [5.74, 6) is 0.124. The second-order valence-corrected chi connectivity index (χ2v) is 4.68. The third-order valence-electron chi connectivity index (χ3n) is 3.53. The van der Waals surface area contributed by atoms with Gasteiger partial charge in [-0.15, -0.1) is 0 Å². The minimum absolute atomic E-state index is 0.124. The molecule has 3 nitrogen and oxygen atoms in total. The predicted molar refractivity (Wildman–Crippen MR) is 58.0 cm³/mol. The molecule has 2 heterocycles. The third kappa shape index (κ3) is 1.13. The zero-order valence-electron chi connectivity index (χ0n) is 8.22. The van der Waals surface area contributed by atoms with Gasteiger partial charge in [0.2, 0.25) is 5.91 Å². The van der Waals surface area contributed by atoms with Crippen LogP contribution < -0.4 is 5.32 Å². The SMILES string of the molecule is O=C1Nc2cc(Cl)ncc2C12CCCC2. The summed E-state index contributed by atoms with van der Waals surface area (Å²) in [6.45, 7) is 0. The van der Waals surface area contributed by atoms with Crippen LogP contribution in [0.15, 0.2) is 12.3 Å². The zero-order valence-corrected chi connectivity index (χ0v) is 8.97. The van der Waals surface area contributed by atoms with Gasteiger partial charge >= 0.3 is 0 Å². The average Bonchev–Trinajstić information content (AvgIpc) is 2.76. The van der Waals surface area contributed by atoms with Gasteiger partial charge in [0, 0.05) is 17.4 Å². The quantitative estimate of drug-likeness (QED) is 0.686. The number of nitrogens with one attached hydrogen (secondary N) is 1. The third-order valence-corrected chi connectivity index (χ3v) is 3.73. The Bertz CT molecular complexity index is 438. The van der Waals surface area contributed by atoms with Gasteiger partial charge in [0.1, 0.15) is 5.15 Å². The number of hydrogen-bond donors (Lipinski definition) is 1. The standard InChI is InChI=1S/C11H11ClN2O/c12-9-5-8-7(6-13-9)11(10(15)14-8)3-1-2-4-11/h5-6H,1-4H2,(H,14,15). The van der Waals surface area contributed by atoms with Gasteiger partial charge < -0.3 is 5.32 Å². The zero-order chi connectivity index (χ0) is 10.5. The molecule has 1 spiro atoms. The molecule has 4 heteroatoms. The van der Waals surface area contributed by atoms with E-state index in [2.05, 4.69) is 10.3 Å². The lowest BCUT2D eigenvalue weighted by atomic mass is 9.81. The molecule has 1 aliphatic carbocycles. The summed E-state index contributed by atoms with van der Waals surface area (Å²) in [5, 5.41) is 3.34. The highest BCUT2D eigenvalue weighted by molar-refractivity contribution is 6.30. The van der Waals surface area contributed by atoms with E-state index in [0.29, 0.717) is 5.15 Å². The van der Waals surface area contributed by atoms with Gasteiger partial charge in [-0.05, 0) is 18.9 Å². The maximum Gasteiger partial charge on any atom is 0.235 e. The van der Waals surface area contributed by atoms with Gasteiger partial charge in [0.15, 0.2) is 0 Å². The monoisotopic (exact) mass is 222 g/mol. The molecule has 0 bridgehead atoms. The lowest BCUT2D eigenvalue weighted by molar-refractivity contribution is -0.120. The number of amides is 1. The molecular formula is C11H11ClN2O. The number of pyridine rings is 1. The van der Waals surface area contributed by atoms with Crippen molar-refractivity contribution < 1.29 is 4.79 Å². The van der Waals surface area contributed by atoms with Crippen LogP contribution in [0.2, 0.25) is 5.15 Å². The molecule has 1 fully saturated rings. The van der Waals surface area contributed by atoms with E-state index in [9.17, 15) is 4.79 Å². The van der Waals surface area contributed by atoms with Crippen LogP contribution in [0.1, 0.15) is 31.2 Å². The van der Waals surface area contributed by atoms with Crippen molar-refractivity contribution in [3.05, 3.63) is 23.0 Å². The Morgan fingerprint density at radius 3 is 2.87 bits per heavy atom. The smallest absolute Gasteiger partial charge is 0.235 e. The summed E-state index contributed by atoms with van der Waals surface area (Å²) in [6, 6.07) is 1.74. The second kappa shape index (κ2) is 2.95. The molecule has 0 unspecified atom stereocenters. The topological polar surface area (TPSA) is 42.0 Å². The van der Waals surface area contributed by atoms with E-state index < -0.39 is 0 Å². The fourth-order valence-corrected chi connectivity index (χ4v) is 2.91. The Kier molecular flexibility index (Phi) is 1.80. The second-order valence-electron chi connectivity index (χ2n) is 4.30. The van der Waals surface area contributed by atoms with Crippen LogP contribution in [0.3, 0.4) is 0 Å². The number of anilines is 1. The van der Waals surface area contributed by atoms with Gasteiger partial charge in [-0.3, -0.25) is 4.79 Å². The van der Waals surface area contributed by atoms with Gasteiger partial charge in [0.05, 0.1) is 5.41 Å². The molecule has 2 aliphatic rings. The fourth-order valence-electron chi connectivity index (χ4n) is 2.75. The molecule has 1 N–H and O–H groups in total. The van der Waals surface area contributed by atoms with Crippen molar-refractivity contribution in [3.8, 4) is 0 Å². The van der Waals surface area contributed by atoms with Gasteiger partial charge in [-0.1, -0.05) is 24.4 Å². The van der Waals surface area contributed by atoms with E-state index in [-0.39, 0.29) is 11.3 Å². The number of nitrogens with zero attached hydrogens (tertiary/aromatic N) is 1. The molecule has 0 radical (unpaired) electrons. The molecule has 1 amide bonds. The molecule has 0 saturated heterocycles. The fraction of sp³-hybridized carbons (Fsp3) is 0.455. The summed E-state index contributed by atoms with van der Waals surface area (Å²) in [4.78, 5) is 16.1. The highest BCUT2D eigenvalue weighted by Crippen LogP contribution is 2.48. The molecule has 78 valence electrons. The van der Waals surface area contributed by atoms with Crippen LogP contribution in [-0.2, 0) is 10.2 Å². The summed E-state index contributed by atoms with van der Waals surface area (Å²) in [7, 11) is 0. The van der Waals surface area contributed by atoms with Crippen molar-refractivity contribution in [3.63, 3.8) is 0 Å². The number of fused-ring (bicyclic) bond motifs is 2. The largest absolute Gasteiger partial charge is 0.325 e. The minimum Gasteiger partial charge on any atom is -0.325 e. The number of aromatic nitrogens is 1. The van der Waals surface area contributed by atoms with Crippen LogP contribution in [0.25, 0.3) is 0 Å². The van der Waals surface area contributed by atoms with E-state index in [0.717, 1.165) is 36.9 Å². The highest BCUT2D eigenvalue weighted by Gasteiger charge is 2.48. The van der Waals surface area contributed by atoms with Crippen molar-refractivity contribution in [2.24, 2.45) is 0 Å². The molecule has 1 saturated carbocycles. The molecule has 1 aromatic rings. The van der Waals surface area contributed by atoms with Crippen molar-refractivity contribution in [1.29, 1.82) is 0 Å². The maximum atomic E-state index is 12.0. The summed E-state index contributed by atoms with van der Waals surface area (Å²) >= 11 is 5.80. The first-order chi connectivity index (χ1) is 7.22. The number of rotatable bonds is 0. The molecule has 3 rings (SSSR count). The summed E-state index contributed by atoms with van der Waals surface area (Å²) in [5.41, 5.74) is 1.59. The molecule has 0 atom stereocenters. The van der Waals surface area contributed by atoms with Crippen molar-refractivity contribution in [2.75, 3.05) is 5.32 Å². The van der Waals surface area contributed by atoms with Crippen LogP contribution in [0.5, 0.6) is 0 Å². The Labute approximate surface area is 92.8 Å². The number of hydrogen-bond acceptors (Lipinski definition) is 2. The molecule has 1 aromatic heterocycles. The number of halogens is 1. The highest BCUT2D eigenvalue weighted by atomic mass is 35.5. The molecule has 0 aromatic carbocycles. The first kappa shape index (κ1) is 9.16. The number of carbonyl (C=O) groups excluding carboxylic acids is 1. The molecule has 15 heavy (non-hydrogen) atoms. The Morgan fingerprint density at radius 1 is 1.40 bits per heavy atom. The van der Waals surface area contributed by atoms with Crippen LogP contribution in [0.4, 0.5) is 5.69 Å². The van der Waals surface area contributed by atoms with Gasteiger partial charge in [0.25, 0.3) is 0 Å². The first-order valence-corrected chi connectivity index (χ1v) is 5.58. The van der Waals surface area contributed by atoms with E-state index in [1.807, 2.05) is 0 Å². The van der Waals surface area contributed by atoms with E-state index in [1.165, 1.54) is 0 Å². The van der Waals surface area contributed by atoms with Gasteiger partial charge in [-0.25, -0.2) is 4.98 Å². The summed E-state index contributed by atoms with van der Waals surface area (Å²) in [6.07, 6.45) is 5.87. The van der Waals surface area contributed by atoms with E-state index >= 15 is 0 Å². The van der Waals surface area contributed by atoms with Crippen LogP contribution in [-0.4, -0.2) is 10.9 Å². The van der Waals surface area contributed by atoms with E-state index in [1.54, 1.807) is 12.3 Å². The Morgan fingerprint density at radius 2 is 2.13 bits per heavy atom. The lowest BCUT2D eigenvalue weighted by Crippen LogP contribution is -2.30. The van der Waals surface area contributed by atoms with Crippen LogP contribution >= 0.6 is 11.6 Å². The van der Waals surface area contributed by atoms with Crippen molar-refractivity contribution in [1.82, 2.24) is 4.98 Å².